The molecule has 0 spiro atoms. The maximum atomic E-state index is 12.5. The Morgan fingerprint density at radius 3 is 2.52 bits per heavy atom. The fourth-order valence-electron chi connectivity index (χ4n) is 2.23. The predicted molar refractivity (Wildman–Crippen MR) is 99.6 cm³/mol. The number of carbonyl (C=O) groups is 6. The topological polar surface area (TPSA) is 165 Å². The van der Waals surface area contributed by atoms with E-state index in [1.54, 1.807) is 0 Å². The molecule has 3 N–H and O–H groups in total. The predicted octanol–water partition coefficient (Wildman–Crippen LogP) is -0.772. The van der Waals surface area contributed by atoms with Crippen molar-refractivity contribution in [3.63, 3.8) is 0 Å². The van der Waals surface area contributed by atoms with E-state index in [1.807, 2.05) is 0 Å². The molecule has 1 saturated heterocycles. The van der Waals surface area contributed by atoms with Crippen LogP contribution >= 0.6 is 11.8 Å². The van der Waals surface area contributed by atoms with Gasteiger partial charge in [-0.1, -0.05) is 25.6 Å². The average Bonchev–Trinajstić information content (AvgIpc) is 2.64. The third-order valence-corrected chi connectivity index (χ3v) is 4.63. The molecular formula is C17H24N2O9S. The van der Waals surface area contributed by atoms with Crippen LogP contribution in [-0.4, -0.2) is 71.5 Å². The van der Waals surface area contributed by atoms with E-state index in [0.29, 0.717) is 11.8 Å². The van der Waals surface area contributed by atoms with Gasteiger partial charge in [-0.25, -0.2) is 4.79 Å². The quantitative estimate of drug-likeness (QED) is 0.379. The van der Waals surface area contributed by atoms with Crippen LogP contribution < -0.4 is 10.6 Å². The number of thioether (sulfide) groups is 1. The van der Waals surface area contributed by atoms with E-state index in [9.17, 15) is 28.8 Å². The van der Waals surface area contributed by atoms with E-state index in [0.717, 1.165) is 0 Å². The van der Waals surface area contributed by atoms with Gasteiger partial charge >= 0.3 is 17.9 Å². The number of rotatable bonds is 4. The van der Waals surface area contributed by atoms with Crippen molar-refractivity contribution in [2.24, 2.45) is 5.41 Å². The number of aliphatic carboxylic acids is 1. The van der Waals surface area contributed by atoms with Crippen LogP contribution in [0.1, 0.15) is 33.1 Å². The van der Waals surface area contributed by atoms with Crippen molar-refractivity contribution in [2.45, 2.75) is 39.2 Å². The molecule has 0 aromatic rings. The number of hydrogen-bond acceptors (Lipinski definition) is 9. The number of esters is 2. The Morgan fingerprint density at radius 1 is 1.17 bits per heavy atom. The first kappa shape index (κ1) is 24.4. The normalized spacial score (nSPS) is 21.7. The lowest BCUT2D eigenvalue weighted by Crippen LogP contribution is -2.49. The summed E-state index contributed by atoms with van der Waals surface area (Å²) in [5, 5.41) is 12.8. The standard InChI is InChI=1S/C17H24N2O9S/c1-17(2)9-27-15(25)16(26)29-8-7-18-10(20)5-6-19-14(24)13(17)28-12(23)4-3-11(21)22/h13H,3-9H2,1-2H3,(H,18,20)(H,19,24)(H,21,22)/t13-/m0/s1. The maximum absolute atomic E-state index is 12.5. The van der Waals surface area contributed by atoms with Gasteiger partial charge in [0.2, 0.25) is 5.91 Å². The molecule has 0 unspecified atom stereocenters. The Hall–Kier alpha value is -2.63. The lowest BCUT2D eigenvalue weighted by Gasteiger charge is -2.32. The van der Waals surface area contributed by atoms with Crippen LogP contribution in [0.15, 0.2) is 0 Å². The maximum Gasteiger partial charge on any atom is 0.385 e. The fourth-order valence-corrected chi connectivity index (χ4v) is 2.79. The monoisotopic (exact) mass is 432 g/mol. The number of carboxylic acid groups (broad SMARTS) is 1. The molecule has 0 radical (unpaired) electrons. The second kappa shape index (κ2) is 11.4. The van der Waals surface area contributed by atoms with Crippen molar-refractivity contribution in [1.82, 2.24) is 10.6 Å². The highest BCUT2D eigenvalue weighted by atomic mass is 32.2. The molecule has 0 aromatic carbocycles. The zero-order valence-electron chi connectivity index (χ0n) is 16.1. The third-order valence-electron chi connectivity index (χ3n) is 3.79. The van der Waals surface area contributed by atoms with E-state index in [-0.39, 0.29) is 31.2 Å². The molecule has 1 atom stereocenters. The lowest BCUT2D eigenvalue weighted by molar-refractivity contribution is -0.170. The van der Waals surface area contributed by atoms with Crippen molar-refractivity contribution >= 4 is 46.6 Å². The molecule has 29 heavy (non-hydrogen) atoms. The summed E-state index contributed by atoms with van der Waals surface area (Å²) in [6, 6.07) is 0. The number of carboxylic acids is 1. The first-order chi connectivity index (χ1) is 13.5. The number of hydrogen-bond donors (Lipinski definition) is 3. The van der Waals surface area contributed by atoms with Gasteiger partial charge in [0.05, 0.1) is 12.8 Å². The molecule has 12 heteroatoms. The Kier molecular flexibility index (Phi) is 9.59. The summed E-state index contributed by atoms with van der Waals surface area (Å²) in [6.45, 7) is 2.69. The number of carbonyl (C=O) groups excluding carboxylic acids is 5. The minimum Gasteiger partial charge on any atom is -0.481 e. The fraction of sp³-hybridized carbons (Fsp3) is 0.647. The van der Waals surface area contributed by atoms with Crippen molar-refractivity contribution in [3.8, 4) is 0 Å². The summed E-state index contributed by atoms with van der Waals surface area (Å²) in [6.07, 6.45) is -2.41. The molecule has 2 amide bonds. The smallest absolute Gasteiger partial charge is 0.385 e. The molecule has 1 aliphatic rings. The van der Waals surface area contributed by atoms with Crippen LogP contribution in [0.5, 0.6) is 0 Å². The summed E-state index contributed by atoms with van der Waals surface area (Å²) >= 11 is 0.688. The van der Waals surface area contributed by atoms with Gasteiger partial charge in [0.1, 0.15) is 6.61 Å². The SMILES string of the molecule is CC1(C)COC(=O)C(=O)SCCNC(=O)CCNC(=O)[C@@H]1OC(=O)CCC(=O)O. The summed E-state index contributed by atoms with van der Waals surface area (Å²) in [4.78, 5) is 70.4. The molecule has 0 aliphatic carbocycles. The van der Waals surface area contributed by atoms with E-state index in [1.165, 1.54) is 13.8 Å². The highest BCUT2D eigenvalue weighted by molar-refractivity contribution is 8.15. The third kappa shape index (κ3) is 8.94. The van der Waals surface area contributed by atoms with Gasteiger partial charge in [0.15, 0.2) is 6.10 Å². The van der Waals surface area contributed by atoms with E-state index in [4.69, 9.17) is 14.6 Å². The number of amides is 2. The highest BCUT2D eigenvalue weighted by Crippen LogP contribution is 2.25. The van der Waals surface area contributed by atoms with Crippen molar-refractivity contribution < 1.29 is 43.3 Å². The van der Waals surface area contributed by atoms with Crippen LogP contribution in [0.4, 0.5) is 0 Å². The molecule has 1 fully saturated rings. The number of ether oxygens (including phenoxy) is 2. The van der Waals surface area contributed by atoms with Gasteiger partial charge in [0, 0.05) is 30.7 Å². The largest absolute Gasteiger partial charge is 0.481 e. The molecule has 11 nitrogen and oxygen atoms in total. The Bertz CT molecular complexity index is 678. The van der Waals surface area contributed by atoms with Gasteiger partial charge in [0.25, 0.3) is 11.0 Å². The Balaban J connectivity index is 2.96. The van der Waals surface area contributed by atoms with Gasteiger partial charge in [-0.3, -0.25) is 24.0 Å². The number of nitrogens with one attached hydrogen (secondary N) is 2. The second-order valence-corrected chi connectivity index (χ2v) is 7.92. The Labute approximate surface area is 171 Å². The summed E-state index contributed by atoms with van der Waals surface area (Å²) in [5.74, 6) is -4.18. The molecule has 1 heterocycles. The summed E-state index contributed by atoms with van der Waals surface area (Å²) < 4.78 is 10.1. The summed E-state index contributed by atoms with van der Waals surface area (Å²) in [7, 11) is 0. The molecule has 0 bridgehead atoms. The van der Waals surface area contributed by atoms with Crippen molar-refractivity contribution in [3.05, 3.63) is 0 Å². The minimum atomic E-state index is -1.44. The highest BCUT2D eigenvalue weighted by Gasteiger charge is 2.40. The lowest BCUT2D eigenvalue weighted by atomic mass is 9.86. The second-order valence-electron chi connectivity index (χ2n) is 6.86. The van der Waals surface area contributed by atoms with Crippen LogP contribution in [0, 0.1) is 5.41 Å². The van der Waals surface area contributed by atoms with Gasteiger partial charge in [-0.2, -0.15) is 0 Å². The van der Waals surface area contributed by atoms with Crippen LogP contribution in [0.25, 0.3) is 0 Å². The first-order valence-electron chi connectivity index (χ1n) is 8.82. The van der Waals surface area contributed by atoms with Crippen molar-refractivity contribution in [2.75, 3.05) is 25.4 Å². The van der Waals surface area contributed by atoms with Crippen LogP contribution in [0.3, 0.4) is 0 Å². The molecule has 162 valence electrons. The number of cyclic esters (lactones) is 1. The van der Waals surface area contributed by atoms with Gasteiger partial charge in [-0.05, 0) is 0 Å². The van der Waals surface area contributed by atoms with Gasteiger partial charge in [-0.15, -0.1) is 0 Å². The molecule has 1 rings (SSSR count). The molecule has 0 saturated carbocycles. The molecular weight excluding hydrogens is 408 g/mol. The van der Waals surface area contributed by atoms with Crippen LogP contribution in [0.2, 0.25) is 0 Å². The Morgan fingerprint density at radius 2 is 1.86 bits per heavy atom. The van der Waals surface area contributed by atoms with E-state index >= 15 is 0 Å². The van der Waals surface area contributed by atoms with Gasteiger partial charge < -0.3 is 25.2 Å². The zero-order chi connectivity index (χ0) is 22.0. The van der Waals surface area contributed by atoms with E-state index < -0.39 is 59.9 Å². The molecule has 1 aliphatic heterocycles. The summed E-state index contributed by atoms with van der Waals surface area (Å²) in [5.41, 5.74) is -1.23. The molecule has 0 aromatic heterocycles. The average molecular weight is 432 g/mol. The first-order valence-corrected chi connectivity index (χ1v) is 9.81. The zero-order valence-corrected chi connectivity index (χ0v) is 17.0. The minimum absolute atomic E-state index is 0.0320. The van der Waals surface area contributed by atoms with Crippen molar-refractivity contribution in [1.29, 1.82) is 0 Å². The van der Waals surface area contributed by atoms with E-state index in [2.05, 4.69) is 10.6 Å². The van der Waals surface area contributed by atoms with Crippen LogP contribution in [-0.2, 0) is 38.2 Å².